The second-order valence-corrected chi connectivity index (χ2v) is 6.42. The minimum atomic E-state index is -0.194. The normalized spacial score (nSPS) is 10.4. The first-order valence-electron chi connectivity index (χ1n) is 9.34. The largest absolute Gasteiger partial charge is 0.493 e. The molecule has 3 rings (SSSR count). The standard InChI is InChI=1S/C24H21N3O3/c1-29-23-13-19(16-26-27-24(28)14-18-7-3-2-4-8-18)11-12-22(23)30-17-21-10-6-5-9-20(21)15-25/h2-13,16H,14,17H2,1H3,(H,27,28)/b26-16-. The summed E-state index contributed by atoms with van der Waals surface area (Å²) in [5.41, 5.74) is 5.56. The molecule has 0 aromatic heterocycles. The van der Waals surface area contributed by atoms with Gasteiger partial charge in [-0.05, 0) is 35.4 Å². The van der Waals surface area contributed by atoms with Crippen molar-refractivity contribution in [2.24, 2.45) is 5.10 Å². The molecule has 0 aliphatic rings. The highest BCUT2D eigenvalue weighted by Gasteiger charge is 2.08. The molecule has 0 saturated carbocycles. The van der Waals surface area contributed by atoms with E-state index in [2.05, 4.69) is 16.6 Å². The minimum absolute atomic E-state index is 0.194. The number of nitrogens with zero attached hydrogens (tertiary/aromatic N) is 2. The van der Waals surface area contributed by atoms with Crippen molar-refractivity contribution in [1.82, 2.24) is 5.43 Å². The topological polar surface area (TPSA) is 83.7 Å². The van der Waals surface area contributed by atoms with Gasteiger partial charge in [-0.3, -0.25) is 4.79 Å². The van der Waals surface area contributed by atoms with Crippen LogP contribution in [0.2, 0.25) is 0 Å². The van der Waals surface area contributed by atoms with E-state index >= 15 is 0 Å². The Bertz CT molecular complexity index is 1070. The third-order valence-corrected chi connectivity index (χ3v) is 4.32. The van der Waals surface area contributed by atoms with E-state index in [-0.39, 0.29) is 18.9 Å². The van der Waals surface area contributed by atoms with Crippen LogP contribution in [0.4, 0.5) is 0 Å². The minimum Gasteiger partial charge on any atom is -0.493 e. The summed E-state index contributed by atoms with van der Waals surface area (Å²) < 4.78 is 11.2. The van der Waals surface area contributed by atoms with Gasteiger partial charge >= 0.3 is 0 Å². The second-order valence-electron chi connectivity index (χ2n) is 6.42. The number of rotatable bonds is 8. The summed E-state index contributed by atoms with van der Waals surface area (Å²) in [4.78, 5) is 12.0. The average Bonchev–Trinajstić information content (AvgIpc) is 2.78. The molecule has 0 aliphatic heterocycles. The molecule has 0 atom stereocenters. The molecule has 0 saturated heterocycles. The van der Waals surface area contributed by atoms with E-state index in [1.54, 1.807) is 37.6 Å². The van der Waals surface area contributed by atoms with Crippen molar-refractivity contribution in [3.63, 3.8) is 0 Å². The number of nitrogens with one attached hydrogen (secondary N) is 1. The highest BCUT2D eigenvalue weighted by Crippen LogP contribution is 2.28. The highest BCUT2D eigenvalue weighted by molar-refractivity contribution is 5.84. The molecule has 0 unspecified atom stereocenters. The SMILES string of the molecule is COc1cc(/C=N\NC(=O)Cc2ccccc2)ccc1OCc1ccccc1C#N. The lowest BCUT2D eigenvalue weighted by Gasteiger charge is -2.12. The second kappa shape index (κ2) is 10.4. The van der Waals surface area contributed by atoms with Crippen molar-refractivity contribution in [2.75, 3.05) is 7.11 Å². The van der Waals surface area contributed by atoms with Gasteiger partial charge in [-0.25, -0.2) is 5.43 Å². The predicted molar refractivity (Wildman–Crippen MR) is 114 cm³/mol. The molecule has 3 aromatic rings. The van der Waals surface area contributed by atoms with Crippen molar-refractivity contribution in [3.8, 4) is 17.6 Å². The maximum Gasteiger partial charge on any atom is 0.244 e. The molecule has 150 valence electrons. The lowest BCUT2D eigenvalue weighted by molar-refractivity contribution is -0.120. The average molecular weight is 399 g/mol. The Morgan fingerprint density at radius 3 is 2.60 bits per heavy atom. The summed E-state index contributed by atoms with van der Waals surface area (Å²) in [5, 5.41) is 13.2. The van der Waals surface area contributed by atoms with Gasteiger partial charge in [0.05, 0.1) is 31.4 Å². The first kappa shape index (κ1) is 20.6. The highest BCUT2D eigenvalue weighted by atomic mass is 16.5. The molecular formula is C24H21N3O3. The van der Waals surface area contributed by atoms with Gasteiger partial charge in [-0.1, -0.05) is 48.5 Å². The number of carbonyl (C=O) groups excluding carboxylic acids is 1. The van der Waals surface area contributed by atoms with Crippen LogP contribution in [0.5, 0.6) is 11.5 Å². The van der Waals surface area contributed by atoms with Crippen LogP contribution in [-0.4, -0.2) is 19.2 Å². The molecule has 3 aromatic carbocycles. The van der Waals surface area contributed by atoms with Crippen molar-refractivity contribution < 1.29 is 14.3 Å². The van der Waals surface area contributed by atoms with E-state index < -0.39 is 0 Å². The van der Waals surface area contributed by atoms with Crippen LogP contribution in [0.1, 0.15) is 22.3 Å². The van der Waals surface area contributed by atoms with E-state index in [1.807, 2.05) is 48.5 Å². The van der Waals surface area contributed by atoms with Crippen LogP contribution in [0.3, 0.4) is 0 Å². The Labute approximate surface area is 175 Å². The van der Waals surface area contributed by atoms with E-state index in [0.717, 1.165) is 16.7 Å². The zero-order valence-corrected chi connectivity index (χ0v) is 16.5. The van der Waals surface area contributed by atoms with Crippen LogP contribution in [-0.2, 0) is 17.8 Å². The van der Waals surface area contributed by atoms with Crippen molar-refractivity contribution in [1.29, 1.82) is 5.26 Å². The summed E-state index contributed by atoms with van der Waals surface area (Å²) in [7, 11) is 1.55. The molecular weight excluding hydrogens is 378 g/mol. The number of amides is 1. The summed E-state index contributed by atoms with van der Waals surface area (Å²) in [6.07, 6.45) is 1.80. The Morgan fingerprint density at radius 1 is 1.07 bits per heavy atom. The smallest absolute Gasteiger partial charge is 0.244 e. The van der Waals surface area contributed by atoms with Gasteiger partial charge in [0.2, 0.25) is 5.91 Å². The number of hydrogen-bond donors (Lipinski definition) is 1. The van der Waals surface area contributed by atoms with Crippen molar-refractivity contribution in [2.45, 2.75) is 13.0 Å². The van der Waals surface area contributed by atoms with Crippen LogP contribution in [0.15, 0.2) is 77.9 Å². The lowest BCUT2D eigenvalue weighted by Crippen LogP contribution is -2.19. The molecule has 30 heavy (non-hydrogen) atoms. The van der Waals surface area contributed by atoms with Crippen LogP contribution in [0.25, 0.3) is 0 Å². The third kappa shape index (κ3) is 5.69. The van der Waals surface area contributed by atoms with Crippen molar-refractivity contribution >= 4 is 12.1 Å². The van der Waals surface area contributed by atoms with Gasteiger partial charge in [0.15, 0.2) is 11.5 Å². The summed E-state index contributed by atoms with van der Waals surface area (Å²) in [5.74, 6) is 0.889. The maximum absolute atomic E-state index is 12.0. The maximum atomic E-state index is 12.0. The fourth-order valence-corrected chi connectivity index (χ4v) is 2.79. The Hall–Kier alpha value is -4.11. The number of ether oxygens (including phenoxy) is 2. The number of hydrogen-bond acceptors (Lipinski definition) is 5. The number of carbonyl (C=O) groups is 1. The summed E-state index contributed by atoms with van der Waals surface area (Å²) >= 11 is 0. The monoisotopic (exact) mass is 399 g/mol. The van der Waals surface area contributed by atoms with Crippen molar-refractivity contribution in [3.05, 3.63) is 95.1 Å². The molecule has 6 heteroatoms. The van der Waals surface area contributed by atoms with E-state index in [9.17, 15) is 10.1 Å². The van der Waals surface area contributed by atoms with Crippen LogP contribution >= 0.6 is 0 Å². The molecule has 0 bridgehead atoms. The van der Waals surface area contributed by atoms with Gasteiger partial charge in [0.25, 0.3) is 0 Å². The summed E-state index contributed by atoms with van der Waals surface area (Å²) in [6, 6.07) is 24.2. The van der Waals surface area contributed by atoms with Gasteiger partial charge < -0.3 is 9.47 Å². The zero-order chi connectivity index (χ0) is 21.2. The van der Waals surface area contributed by atoms with Crippen LogP contribution < -0.4 is 14.9 Å². The van der Waals surface area contributed by atoms with Crippen LogP contribution in [0, 0.1) is 11.3 Å². The zero-order valence-electron chi connectivity index (χ0n) is 16.5. The van der Waals surface area contributed by atoms with E-state index in [1.165, 1.54) is 0 Å². The molecule has 0 radical (unpaired) electrons. The van der Waals surface area contributed by atoms with Gasteiger partial charge in [-0.2, -0.15) is 10.4 Å². The predicted octanol–water partition coefficient (Wildman–Crippen LogP) is 3.84. The fourth-order valence-electron chi connectivity index (χ4n) is 2.79. The third-order valence-electron chi connectivity index (χ3n) is 4.32. The first-order chi connectivity index (χ1) is 14.7. The Kier molecular flexibility index (Phi) is 7.17. The molecule has 1 N–H and O–H groups in total. The molecule has 0 aliphatic carbocycles. The van der Waals surface area contributed by atoms with Gasteiger partial charge in [0.1, 0.15) is 6.61 Å². The Morgan fingerprint density at radius 2 is 1.83 bits per heavy atom. The van der Waals surface area contributed by atoms with E-state index in [4.69, 9.17) is 9.47 Å². The molecule has 6 nitrogen and oxygen atoms in total. The number of nitriles is 1. The number of methoxy groups -OCH3 is 1. The Balaban J connectivity index is 1.60. The molecule has 0 heterocycles. The first-order valence-corrected chi connectivity index (χ1v) is 9.34. The molecule has 0 spiro atoms. The quantitative estimate of drug-likeness (QED) is 0.461. The van der Waals surface area contributed by atoms with Gasteiger partial charge in [-0.15, -0.1) is 0 Å². The lowest BCUT2D eigenvalue weighted by atomic mass is 10.1. The number of benzene rings is 3. The van der Waals surface area contributed by atoms with E-state index in [0.29, 0.717) is 17.1 Å². The molecule has 0 fully saturated rings. The number of hydrazone groups is 1. The van der Waals surface area contributed by atoms with Gasteiger partial charge in [0, 0.05) is 5.56 Å². The molecule has 1 amide bonds. The fraction of sp³-hybridized carbons (Fsp3) is 0.125. The summed E-state index contributed by atoms with van der Waals surface area (Å²) in [6.45, 7) is 0.253.